The molecule has 1 aromatic rings. The van der Waals surface area contributed by atoms with Crippen molar-refractivity contribution in [2.75, 3.05) is 20.8 Å². The minimum absolute atomic E-state index is 0.00436. The fourth-order valence-electron chi connectivity index (χ4n) is 2.69. The van der Waals surface area contributed by atoms with Gasteiger partial charge >= 0.3 is 0 Å². The van der Waals surface area contributed by atoms with E-state index in [2.05, 4.69) is 5.32 Å². The number of carbonyl (C=O) groups excluding carboxylic acids is 1. The van der Waals surface area contributed by atoms with Gasteiger partial charge in [0.2, 0.25) is 5.91 Å². The first kappa shape index (κ1) is 20.2. The van der Waals surface area contributed by atoms with Gasteiger partial charge < -0.3 is 34.8 Å². The Morgan fingerprint density at radius 1 is 1.15 bits per heavy atom. The Bertz CT molecular complexity index is 648. The van der Waals surface area contributed by atoms with E-state index < -0.39 is 30.5 Å². The van der Waals surface area contributed by atoms with E-state index in [9.17, 15) is 20.1 Å². The molecule has 1 aliphatic rings. The summed E-state index contributed by atoms with van der Waals surface area (Å²) < 4.78 is 15.8. The first-order valence-electron chi connectivity index (χ1n) is 8.25. The number of hydrogen-bond donors (Lipinski definition) is 4. The van der Waals surface area contributed by atoms with Crippen LogP contribution in [0.25, 0.3) is 6.08 Å². The van der Waals surface area contributed by atoms with Crippen molar-refractivity contribution in [1.29, 1.82) is 0 Å². The van der Waals surface area contributed by atoms with Crippen LogP contribution in [-0.2, 0) is 9.53 Å². The Morgan fingerprint density at radius 3 is 2.50 bits per heavy atom. The quantitative estimate of drug-likeness (QED) is 0.510. The lowest BCUT2D eigenvalue weighted by atomic mass is 9.95. The normalized spacial score (nSPS) is 28.8. The summed E-state index contributed by atoms with van der Waals surface area (Å²) >= 11 is 0. The van der Waals surface area contributed by atoms with Crippen molar-refractivity contribution >= 4 is 12.0 Å². The molecular formula is C18H25NO7. The van der Waals surface area contributed by atoms with E-state index in [1.54, 1.807) is 38.3 Å². The Hall–Kier alpha value is -2.13. The van der Waals surface area contributed by atoms with Gasteiger partial charge in [-0.3, -0.25) is 4.79 Å². The number of hydrogen-bond acceptors (Lipinski definition) is 7. The third-order valence-corrected chi connectivity index (χ3v) is 4.26. The Balaban J connectivity index is 1.91. The molecule has 1 aliphatic heterocycles. The second kappa shape index (κ2) is 9.00. The predicted octanol–water partition coefficient (Wildman–Crippen LogP) is -0.297. The highest BCUT2D eigenvalue weighted by Crippen LogP contribution is 2.28. The van der Waals surface area contributed by atoms with Gasteiger partial charge in [-0.25, -0.2) is 0 Å². The molecule has 1 saturated heterocycles. The van der Waals surface area contributed by atoms with Crippen LogP contribution in [0.1, 0.15) is 12.5 Å². The molecule has 8 heteroatoms. The number of aliphatic hydroxyl groups is 3. The van der Waals surface area contributed by atoms with Crippen LogP contribution in [0.15, 0.2) is 24.3 Å². The molecule has 8 nitrogen and oxygen atoms in total. The number of benzene rings is 1. The zero-order chi connectivity index (χ0) is 19.3. The lowest BCUT2D eigenvalue weighted by Crippen LogP contribution is -2.59. The van der Waals surface area contributed by atoms with Crippen molar-refractivity contribution in [2.45, 2.75) is 37.4 Å². The van der Waals surface area contributed by atoms with Gasteiger partial charge in [0.15, 0.2) is 11.5 Å². The summed E-state index contributed by atoms with van der Waals surface area (Å²) in [5.74, 6) is 0.756. The predicted molar refractivity (Wildman–Crippen MR) is 93.9 cm³/mol. The first-order chi connectivity index (χ1) is 12.4. The molecular weight excluding hydrogens is 342 g/mol. The molecule has 1 amide bonds. The van der Waals surface area contributed by atoms with Crippen LogP contribution in [0.3, 0.4) is 0 Å². The molecule has 144 valence electrons. The molecule has 0 aliphatic carbocycles. The smallest absolute Gasteiger partial charge is 0.244 e. The molecule has 4 N–H and O–H groups in total. The number of aliphatic hydroxyl groups excluding tert-OH is 3. The van der Waals surface area contributed by atoms with Crippen molar-refractivity contribution in [1.82, 2.24) is 5.32 Å². The molecule has 26 heavy (non-hydrogen) atoms. The van der Waals surface area contributed by atoms with Crippen LogP contribution in [0, 0.1) is 0 Å². The van der Waals surface area contributed by atoms with Crippen molar-refractivity contribution in [3.63, 3.8) is 0 Å². The zero-order valence-electron chi connectivity index (χ0n) is 15.0. The van der Waals surface area contributed by atoms with Gasteiger partial charge in [0.25, 0.3) is 0 Å². The summed E-state index contributed by atoms with van der Waals surface area (Å²) in [5.41, 5.74) is 0.749. The van der Waals surface area contributed by atoms with E-state index in [-0.39, 0.29) is 12.5 Å². The minimum atomic E-state index is -1.32. The van der Waals surface area contributed by atoms with Gasteiger partial charge in [-0.05, 0) is 30.7 Å². The summed E-state index contributed by atoms with van der Waals surface area (Å²) in [6.45, 7) is 1.59. The molecule has 5 atom stereocenters. The van der Waals surface area contributed by atoms with Gasteiger partial charge in [0.1, 0.15) is 24.4 Å². The van der Waals surface area contributed by atoms with Crippen LogP contribution in [0.4, 0.5) is 0 Å². The third kappa shape index (κ3) is 4.73. The number of amides is 1. The Morgan fingerprint density at radius 2 is 1.85 bits per heavy atom. The number of methoxy groups -OCH3 is 2. The maximum atomic E-state index is 12.0. The number of rotatable bonds is 6. The molecule has 1 fully saturated rings. The molecule has 0 aromatic heterocycles. The topological polar surface area (TPSA) is 117 Å². The molecule has 0 spiro atoms. The fourth-order valence-corrected chi connectivity index (χ4v) is 2.69. The van der Waals surface area contributed by atoms with Gasteiger partial charge in [0, 0.05) is 12.6 Å². The maximum Gasteiger partial charge on any atom is 0.244 e. The fraction of sp³-hybridized carbons (Fsp3) is 0.500. The summed E-state index contributed by atoms with van der Waals surface area (Å²) in [6.07, 6.45) is -2.26. The highest BCUT2D eigenvalue weighted by molar-refractivity contribution is 5.91. The lowest BCUT2D eigenvalue weighted by Gasteiger charge is -2.39. The van der Waals surface area contributed by atoms with Crippen LogP contribution in [0.5, 0.6) is 11.5 Å². The standard InChI is InChI=1S/C18H25NO7/c1-10-16(21)18(23)17(22)14(26-10)9-19-15(20)7-5-11-4-6-12(24-2)13(8-11)25-3/h4-8,10,14,16-18,21-23H,9H2,1-3H3,(H,19,20)/b7-5+/t10-,14+,16+,17+,18+/m0/s1. The summed E-state index contributed by atoms with van der Waals surface area (Å²) in [4.78, 5) is 12.0. The van der Waals surface area contributed by atoms with Gasteiger partial charge in [-0.2, -0.15) is 0 Å². The average Bonchev–Trinajstić information content (AvgIpc) is 2.66. The van der Waals surface area contributed by atoms with Gasteiger partial charge in [-0.15, -0.1) is 0 Å². The summed E-state index contributed by atoms with van der Waals surface area (Å²) in [6, 6.07) is 5.24. The van der Waals surface area contributed by atoms with Crippen LogP contribution >= 0.6 is 0 Å². The minimum Gasteiger partial charge on any atom is -0.493 e. The SMILES string of the molecule is COc1ccc(/C=C/C(=O)NC[C@H]2O[C@@H](C)[C@@H](O)[C@@H](O)[C@@H]2O)cc1OC. The Labute approximate surface area is 152 Å². The van der Waals surface area contributed by atoms with Crippen molar-refractivity contribution in [2.24, 2.45) is 0 Å². The molecule has 0 saturated carbocycles. The maximum absolute atomic E-state index is 12.0. The van der Waals surface area contributed by atoms with E-state index in [0.717, 1.165) is 5.56 Å². The van der Waals surface area contributed by atoms with E-state index in [0.29, 0.717) is 11.5 Å². The second-order valence-corrected chi connectivity index (χ2v) is 6.04. The largest absolute Gasteiger partial charge is 0.493 e. The van der Waals surface area contributed by atoms with Crippen LogP contribution in [-0.4, -0.2) is 72.5 Å². The third-order valence-electron chi connectivity index (χ3n) is 4.26. The molecule has 0 bridgehead atoms. The van der Waals surface area contributed by atoms with Gasteiger partial charge in [-0.1, -0.05) is 6.07 Å². The Kier molecular flexibility index (Phi) is 6.98. The van der Waals surface area contributed by atoms with Crippen LogP contribution in [0.2, 0.25) is 0 Å². The molecule has 0 radical (unpaired) electrons. The summed E-state index contributed by atoms with van der Waals surface area (Å²) in [7, 11) is 3.07. The highest BCUT2D eigenvalue weighted by Gasteiger charge is 2.41. The van der Waals surface area contributed by atoms with Crippen molar-refractivity contribution in [3.8, 4) is 11.5 Å². The van der Waals surface area contributed by atoms with E-state index >= 15 is 0 Å². The second-order valence-electron chi connectivity index (χ2n) is 6.04. The number of carbonyl (C=O) groups is 1. The summed E-state index contributed by atoms with van der Waals surface area (Å²) in [5, 5.41) is 31.9. The number of ether oxygens (including phenoxy) is 3. The zero-order valence-corrected chi connectivity index (χ0v) is 15.0. The van der Waals surface area contributed by atoms with Gasteiger partial charge in [0.05, 0.1) is 20.3 Å². The van der Waals surface area contributed by atoms with Crippen molar-refractivity contribution < 1.29 is 34.3 Å². The lowest BCUT2D eigenvalue weighted by molar-refractivity contribution is -0.215. The van der Waals surface area contributed by atoms with Crippen LogP contribution < -0.4 is 14.8 Å². The number of nitrogens with one attached hydrogen (secondary N) is 1. The average molecular weight is 367 g/mol. The molecule has 1 heterocycles. The molecule has 1 aromatic carbocycles. The highest BCUT2D eigenvalue weighted by atomic mass is 16.5. The van der Waals surface area contributed by atoms with E-state index in [1.165, 1.54) is 13.2 Å². The monoisotopic (exact) mass is 367 g/mol. The first-order valence-corrected chi connectivity index (χ1v) is 8.25. The molecule has 2 rings (SSSR count). The molecule has 0 unspecified atom stereocenters. The van der Waals surface area contributed by atoms with E-state index in [4.69, 9.17) is 14.2 Å². The van der Waals surface area contributed by atoms with Crippen molar-refractivity contribution in [3.05, 3.63) is 29.8 Å². The van der Waals surface area contributed by atoms with E-state index in [1.807, 2.05) is 0 Å².